The van der Waals surface area contributed by atoms with E-state index in [0.717, 1.165) is 25.9 Å². The zero-order chi connectivity index (χ0) is 13.0. The van der Waals surface area contributed by atoms with Gasteiger partial charge in [0, 0.05) is 19.3 Å². The molecule has 2 rings (SSSR count). The number of pyridine rings is 1. The fourth-order valence-electron chi connectivity index (χ4n) is 2.37. The first-order valence-corrected chi connectivity index (χ1v) is 6.24. The van der Waals surface area contributed by atoms with E-state index in [-0.39, 0.29) is 5.97 Å². The fraction of sp³-hybridized carbons (Fsp3) is 0.538. The van der Waals surface area contributed by atoms with Gasteiger partial charge in [-0.25, -0.2) is 9.78 Å². The minimum atomic E-state index is -0.340. The topological polar surface area (TPSA) is 68.5 Å². The summed E-state index contributed by atoms with van der Waals surface area (Å²) in [5.41, 5.74) is 6.25. The van der Waals surface area contributed by atoms with Crippen LogP contribution in [0.2, 0.25) is 0 Å². The Morgan fingerprint density at radius 1 is 1.67 bits per heavy atom. The average molecular weight is 249 g/mol. The third kappa shape index (κ3) is 2.61. The van der Waals surface area contributed by atoms with Gasteiger partial charge < -0.3 is 15.4 Å². The normalized spacial score (nSPS) is 19.7. The first-order chi connectivity index (χ1) is 8.76. The lowest BCUT2D eigenvalue weighted by Crippen LogP contribution is -2.39. The molecule has 1 aliphatic rings. The van der Waals surface area contributed by atoms with Gasteiger partial charge in [0.1, 0.15) is 11.4 Å². The van der Waals surface area contributed by atoms with Gasteiger partial charge in [0.25, 0.3) is 0 Å². The van der Waals surface area contributed by atoms with Crippen LogP contribution in [-0.2, 0) is 4.74 Å². The van der Waals surface area contributed by atoms with E-state index in [0.29, 0.717) is 23.8 Å². The number of piperidine rings is 1. The molecule has 0 aliphatic carbocycles. The predicted octanol–water partition coefficient (Wildman–Crippen LogP) is 1.04. The molecule has 1 fully saturated rings. The summed E-state index contributed by atoms with van der Waals surface area (Å²) in [5.74, 6) is 0.849. The van der Waals surface area contributed by atoms with Gasteiger partial charge in [0.2, 0.25) is 0 Å². The SMILES string of the molecule is COC(=O)c1cccnc1N1CCCC(CN)C1. The Hall–Kier alpha value is -1.62. The number of ether oxygens (including phenoxy) is 1. The maximum absolute atomic E-state index is 11.7. The van der Waals surface area contributed by atoms with E-state index >= 15 is 0 Å². The van der Waals surface area contributed by atoms with Crippen LogP contribution < -0.4 is 10.6 Å². The van der Waals surface area contributed by atoms with E-state index in [1.54, 1.807) is 18.3 Å². The number of hydrogen-bond donors (Lipinski definition) is 1. The summed E-state index contributed by atoms with van der Waals surface area (Å²) in [5, 5.41) is 0. The van der Waals surface area contributed by atoms with Crippen LogP contribution in [0.25, 0.3) is 0 Å². The lowest BCUT2D eigenvalue weighted by molar-refractivity contribution is 0.0601. The number of esters is 1. The van der Waals surface area contributed by atoms with Gasteiger partial charge >= 0.3 is 5.97 Å². The monoisotopic (exact) mass is 249 g/mol. The second kappa shape index (κ2) is 5.82. The van der Waals surface area contributed by atoms with E-state index < -0.39 is 0 Å². The van der Waals surface area contributed by atoms with Crippen molar-refractivity contribution in [2.24, 2.45) is 11.7 Å². The standard InChI is InChI=1S/C13H19N3O2/c1-18-13(17)11-5-2-6-15-12(11)16-7-3-4-10(8-14)9-16/h2,5-6,10H,3-4,7-9,14H2,1H3. The van der Waals surface area contributed by atoms with Crippen LogP contribution in [0.1, 0.15) is 23.2 Å². The van der Waals surface area contributed by atoms with Gasteiger partial charge in [-0.2, -0.15) is 0 Å². The molecule has 0 aromatic carbocycles. The van der Waals surface area contributed by atoms with E-state index in [4.69, 9.17) is 10.5 Å². The van der Waals surface area contributed by atoms with Crippen molar-refractivity contribution >= 4 is 11.8 Å². The lowest BCUT2D eigenvalue weighted by Gasteiger charge is -2.33. The summed E-state index contributed by atoms with van der Waals surface area (Å²) >= 11 is 0. The molecule has 1 atom stereocenters. The summed E-state index contributed by atoms with van der Waals surface area (Å²) in [6, 6.07) is 3.50. The molecule has 0 bridgehead atoms. The molecule has 1 aromatic heterocycles. The fourth-order valence-corrected chi connectivity index (χ4v) is 2.37. The molecular formula is C13H19N3O2. The van der Waals surface area contributed by atoms with E-state index in [2.05, 4.69) is 9.88 Å². The van der Waals surface area contributed by atoms with Crippen LogP contribution in [0.15, 0.2) is 18.3 Å². The van der Waals surface area contributed by atoms with Crippen LogP contribution in [-0.4, -0.2) is 37.7 Å². The van der Waals surface area contributed by atoms with E-state index in [1.165, 1.54) is 7.11 Å². The number of rotatable bonds is 3. The van der Waals surface area contributed by atoms with Crippen molar-refractivity contribution in [1.82, 2.24) is 4.98 Å². The third-order valence-electron chi connectivity index (χ3n) is 3.34. The van der Waals surface area contributed by atoms with Crippen molar-refractivity contribution in [2.75, 3.05) is 31.6 Å². The number of aromatic nitrogens is 1. The van der Waals surface area contributed by atoms with Gasteiger partial charge in [-0.05, 0) is 37.4 Å². The van der Waals surface area contributed by atoms with Crippen molar-refractivity contribution in [3.8, 4) is 0 Å². The quantitative estimate of drug-likeness (QED) is 0.811. The van der Waals surface area contributed by atoms with Crippen molar-refractivity contribution in [1.29, 1.82) is 0 Å². The summed E-state index contributed by atoms with van der Waals surface area (Å²) < 4.78 is 4.79. The minimum Gasteiger partial charge on any atom is -0.465 e. The van der Waals surface area contributed by atoms with Crippen LogP contribution in [0.3, 0.4) is 0 Å². The maximum atomic E-state index is 11.7. The number of carbonyl (C=O) groups is 1. The van der Waals surface area contributed by atoms with Gasteiger partial charge in [0.15, 0.2) is 0 Å². The predicted molar refractivity (Wildman–Crippen MR) is 69.6 cm³/mol. The summed E-state index contributed by atoms with van der Waals surface area (Å²) in [4.78, 5) is 18.2. The number of nitrogens with two attached hydrogens (primary N) is 1. The Morgan fingerprint density at radius 3 is 3.22 bits per heavy atom. The van der Waals surface area contributed by atoms with Gasteiger partial charge in [-0.1, -0.05) is 0 Å². The van der Waals surface area contributed by atoms with Crippen LogP contribution >= 0.6 is 0 Å². The molecule has 0 amide bonds. The Kier molecular flexibility index (Phi) is 4.15. The first kappa shape index (κ1) is 12.8. The number of anilines is 1. The summed E-state index contributed by atoms with van der Waals surface area (Å²) in [7, 11) is 1.39. The maximum Gasteiger partial charge on any atom is 0.341 e. The molecule has 0 saturated carbocycles. The van der Waals surface area contributed by atoms with Crippen LogP contribution in [0, 0.1) is 5.92 Å². The average Bonchev–Trinajstić information content (AvgIpc) is 2.46. The highest BCUT2D eigenvalue weighted by molar-refractivity contribution is 5.94. The van der Waals surface area contributed by atoms with Crippen LogP contribution in [0.4, 0.5) is 5.82 Å². The Balaban J connectivity index is 2.24. The molecule has 2 N–H and O–H groups in total. The Morgan fingerprint density at radius 2 is 2.50 bits per heavy atom. The van der Waals surface area contributed by atoms with Crippen LogP contribution in [0.5, 0.6) is 0 Å². The number of carbonyl (C=O) groups excluding carboxylic acids is 1. The zero-order valence-corrected chi connectivity index (χ0v) is 10.6. The minimum absolute atomic E-state index is 0.340. The third-order valence-corrected chi connectivity index (χ3v) is 3.34. The molecule has 1 aliphatic heterocycles. The highest BCUT2D eigenvalue weighted by atomic mass is 16.5. The van der Waals surface area contributed by atoms with Gasteiger partial charge in [-0.3, -0.25) is 0 Å². The lowest BCUT2D eigenvalue weighted by atomic mass is 9.98. The summed E-state index contributed by atoms with van der Waals surface area (Å²) in [6.45, 7) is 2.45. The largest absolute Gasteiger partial charge is 0.465 e. The van der Waals surface area contributed by atoms with Gasteiger partial charge in [0.05, 0.1) is 7.11 Å². The number of hydrogen-bond acceptors (Lipinski definition) is 5. The molecule has 18 heavy (non-hydrogen) atoms. The molecular weight excluding hydrogens is 230 g/mol. The molecule has 98 valence electrons. The number of nitrogens with zero attached hydrogens (tertiary/aromatic N) is 2. The molecule has 1 aromatic rings. The molecule has 2 heterocycles. The van der Waals surface area contributed by atoms with Crippen molar-refractivity contribution in [3.05, 3.63) is 23.9 Å². The number of methoxy groups -OCH3 is 1. The van der Waals surface area contributed by atoms with Crippen molar-refractivity contribution in [3.63, 3.8) is 0 Å². The molecule has 1 unspecified atom stereocenters. The highest BCUT2D eigenvalue weighted by Gasteiger charge is 2.23. The molecule has 1 saturated heterocycles. The van der Waals surface area contributed by atoms with E-state index in [9.17, 15) is 4.79 Å². The second-order valence-electron chi connectivity index (χ2n) is 4.56. The van der Waals surface area contributed by atoms with Crippen molar-refractivity contribution in [2.45, 2.75) is 12.8 Å². The smallest absolute Gasteiger partial charge is 0.341 e. The van der Waals surface area contributed by atoms with E-state index in [1.807, 2.05) is 0 Å². The second-order valence-corrected chi connectivity index (χ2v) is 4.56. The zero-order valence-electron chi connectivity index (χ0n) is 10.6. The Bertz CT molecular complexity index is 422. The molecule has 0 spiro atoms. The molecule has 5 heteroatoms. The Labute approximate surface area is 107 Å². The molecule has 5 nitrogen and oxygen atoms in total. The highest BCUT2D eigenvalue weighted by Crippen LogP contribution is 2.24. The van der Waals surface area contributed by atoms with Gasteiger partial charge in [-0.15, -0.1) is 0 Å². The molecule has 0 radical (unpaired) electrons. The first-order valence-electron chi connectivity index (χ1n) is 6.24. The summed E-state index contributed by atoms with van der Waals surface area (Å²) in [6.07, 6.45) is 3.93. The van der Waals surface area contributed by atoms with Crippen molar-refractivity contribution < 1.29 is 9.53 Å².